The Bertz CT molecular complexity index is 1030. The van der Waals surface area contributed by atoms with Crippen molar-refractivity contribution in [2.75, 3.05) is 0 Å². The van der Waals surface area contributed by atoms with Crippen molar-refractivity contribution in [3.63, 3.8) is 0 Å². The Hall–Kier alpha value is -1.66. The molecule has 0 unspecified atom stereocenters. The smallest absolute Gasteiger partial charge is 0.0136 e. The predicted octanol–water partition coefficient (Wildman–Crippen LogP) is 8.09. The van der Waals surface area contributed by atoms with Gasteiger partial charge in [-0.05, 0) is 50.4 Å². The molecular weight excluding hydrogens is 498 g/mol. The third kappa shape index (κ3) is 3.56. The first-order valence-corrected chi connectivity index (χ1v) is 10.2. The van der Waals surface area contributed by atoms with Gasteiger partial charge in [0.15, 0.2) is 0 Å². The molecule has 6 rings (SSSR count). The summed E-state index contributed by atoms with van der Waals surface area (Å²) in [4.78, 5) is 0. The fourth-order valence-corrected chi connectivity index (χ4v) is 5.71. The van der Waals surface area contributed by atoms with E-state index in [9.17, 15) is 0 Å². The van der Waals surface area contributed by atoms with Gasteiger partial charge in [-0.1, -0.05) is 104 Å². The third-order valence-electron chi connectivity index (χ3n) is 6.82. The molecule has 3 heteroatoms. The van der Waals surface area contributed by atoms with Crippen molar-refractivity contribution in [3.05, 3.63) is 119 Å². The normalized spacial score (nSPS) is 13.2. The maximum absolute atomic E-state index is 2.45. The Morgan fingerprint density at radius 1 is 0.452 bits per heavy atom. The standard InChI is InChI=1S/C28H22.2ClH.Zr/c1-18(27-23-14-6-2-10-19(23)20-11-3-7-15-24(20)27)28-25-16-8-4-12-21(25)22-13-5-9-17-26(22)28;;;/h2-18,27-28H,1H3;2*1H;. The summed E-state index contributed by atoms with van der Waals surface area (Å²) in [7, 11) is 0. The van der Waals surface area contributed by atoms with Gasteiger partial charge in [0.2, 0.25) is 0 Å². The van der Waals surface area contributed by atoms with Crippen LogP contribution in [0.15, 0.2) is 97.1 Å². The van der Waals surface area contributed by atoms with Crippen molar-refractivity contribution in [2.45, 2.75) is 18.8 Å². The van der Waals surface area contributed by atoms with E-state index in [1.807, 2.05) is 0 Å². The van der Waals surface area contributed by atoms with Gasteiger partial charge in [-0.3, -0.25) is 0 Å². The molecule has 0 saturated heterocycles. The Balaban J connectivity index is 0.000000907. The van der Waals surface area contributed by atoms with E-state index in [1.54, 1.807) is 0 Å². The van der Waals surface area contributed by atoms with E-state index in [1.165, 1.54) is 44.5 Å². The molecule has 0 aromatic heterocycles. The van der Waals surface area contributed by atoms with Gasteiger partial charge in [0.1, 0.15) is 0 Å². The monoisotopic (exact) mass is 520 g/mol. The van der Waals surface area contributed by atoms with Crippen molar-refractivity contribution in [1.82, 2.24) is 0 Å². The van der Waals surface area contributed by atoms with Crippen LogP contribution >= 0.6 is 24.8 Å². The predicted molar refractivity (Wildman–Crippen MR) is 131 cm³/mol. The van der Waals surface area contributed by atoms with Crippen LogP contribution in [0.4, 0.5) is 0 Å². The van der Waals surface area contributed by atoms with Gasteiger partial charge in [-0.15, -0.1) is 24.8 Å². The van der Waals surface area contributed by atoms with Crippen LogP contribution in [-0.2, 0) is 26.2 Å². The molecule has 0 radical (unpaired) electrons. The molecule has 0 atom stereocenters. The quantitative estimate of drug-likeness (QED) is 0.250. The average Bonchev–Trinajstić information content (AvgIpc) is 3.27. The first kappa shape index (κ1) is 24.0. The number of hydrogen-bond acceptors (Lipinski definition) is 0. The molecule has 154 valence electrons. The summed E-state index contributed by atoms with van der Waals surface area (Å²) >= 11 is 0. The molecule has 4 aromatic carbocycles. The Morgan fingerprint density at radius 3 is 0.935 bits per heavy atom. The molecule has 2 aliphatic carbocycles. The molecule has 0 N–H and O–H groups in total. The van der Waals surface area contributed by atoms with Gasteiger partial charge in [0, 0.05) is 38.0 Å². The van der Waals surface area contributed by atoms with Gasteiger partial charge in [0.25, 0.3) is 0 Å². The van der Waals surface area contributed by atoms with E-state index in [4.69, 9.17) is 0 Å². The van der Waals surface area contributed by atoms with Gasteiger partial charge >= 0.3 is 0 Å². The topological polar surface area (TPSA) is 0 Å². The van der Waals surface area contributed by atoms with E-state index in [0.29, 0.717) is 17.8 Å². The van der Waals surface area contributed by atoms with Crippen molar-refractivity contribution < 1.29 is 26.2 Å². The minimum absolute atomic E-state index is 0. The second kappa shape index (κ2) is 9.45. The van der Waals surface area contributed by atoms with Gasteiger partial charge < -0.3 is 0 Å². The van der Waals surface area contributed by atoms with Crippen molar-refractivity contribution in [2.24, 2.45) is 5.92 Å². The minimum atomic E-state index is 0. The van der Waals surface area contributed by atoms with Crippen molar-refractivity contribution in [1.29, 1.82) is 0 Å². The number of hydrogen-bond donors (Lipinski definition) is 0. The molecule has 0 aliphatic heterocycles. The summed E-state index contributed by atoms with van der Waals surface area (Å²) in [5, 5.41) is 0. The van der Waals surface area contributed by atoms with Crippen molar-refractivity contribution >= 4 is 24.8 Å². The second-order valence-corrected chi connectivity index (χ2v) is 8.16. The van der Waals surface area contributed by atoms with Crippen LogP contribution in [0.3, 0.4) is 0 Å². The summed E-state index contributed by atoms with van der Waals surface area (Å²) in [5.41, 5.74) is 11.6. The van der Waals surface area contributed by atoms with E-state index >= 15 is 0 Å². The fraction of sp³-hybridized carbons (Fsp3) is 0.143. The fourth-order valence-electron chi connectivity index (χ4n) is 5.71. The second-order valence-electron chi connectivity index (χ2n) is 8.16. The molecule has 4 aromatic rings. The summed E-state index contributed by atoms with van der Waals surface area (Å²) < 4.78 is 0. The minimum Gasteiger partial charge on any atom is -0.147 e. The first-order valence-electron chi connectivity index (χ1n) is 10.2. The maximum Gasteiger partial charge on any atom is 0.0136 e. The maximum atomic E-state index is 2.45. The van der Waals surface area contributed by atoms with Gasteiger partial charge in [-0.25, -0.2) is 0 Å². The van der Waals surface area contributed by atoms with Gasteiger partial charge in [0.05, 0.1) is 0 Å². The first-order chi connectivity index (χ1) is 13.8. The summed E-state index contributed by atoms with van der Waals surface area (Å²) in [6.45, 7) is 2.45. The SMILES string of the molecule is CC(C1c2ccccc2-c2ccccc21)C1c2ccccc2-c2ccccc21.Cl.Cl.[Zr]. The van der Waals surface area contributed by atoms with Crippen molar-refractivity contribution in [3.8, 4) is 22.3 Å². The van der Waals surface area contributed by atoms with Gasteiger partial charge in [-0.2, -0.15) is 0 Å². The zero-order valence-electron chi connectivity index (χ0n) is 17.3. The zero-order valence-corrected chi connectivity index (χ0v) is 21.4. The van der Waals surface area contributed by atoms with Crippen LogP contribution in [0.5, 0.6) is 0 Å². The summed E-state index contributed by atoms with van der Waals surface area (Å²) in [6, 6.07) is 36.0. The van der Waals surface area contributed by atoms with Crippen LogP contribution in [0.25, 0.3) is 22.3 Å². The van der Waals surface area contributed by atoms with Crippen LogP contribution in [-0.4, -0.2) is 0 Å². The molecule has 2 aliphatic rings. The Kier molecular flexibility index (Phi) is 7.32. The van der Waals surface area contributed by atoms with Crippen LogP contribution in [0.2, 0.25) is 0 Å². The molecular formula is C28H24Cl2Zr. The molecule has 31 heavy (non-hydrogen) atoms. The zero-order chi connectivity index (χ0) is 18.7. The molecule has 0 heterocycles. The number of rotatable bonds is 2. The third-order valence-corrected chi connectivity index (χ3v) is 6.82. The van der Waals surface area contributed by atoms with Crippen LogP contribution in [0.1, 0.15) is 41.0 Å². The molecule has 0 nitrogen and oxygen atoms in total. The van der Waals surface area contributed by atoms with E-state index in [2.05, 4.69) is 104 Å². The van der Waals surface area contributed by atoms with E-state index < -0.39 is 0 Å². The molecule has 0 saturated carbocycles. The Labute approximate surface area is 216 Å². The van der Waals surface area contributed by atoms with Crippen LogP contribution in [0, 0.1) is 5.92 Å². The molecule has 0 bridgehead atoms. The summed E-state index contributed by atoms with van der Waals surface area (Å²) in [5.74, 6) is 1.34. The van der Waals surface area contributed by atoms with E-state index in [-0.39, 0.29) is 51.0 Å². The van der Waals surface area contributed by atoms with E-state index in [0.717, 1.165) is 0 Å². The van der Waals surface area contributed by atoms with Crippen LogP contribution < -0.4 is 0 Å². The average molecular weight is 523 g/mol. The number of benzene rings is 4. The number of halogens is 2. The largest absolute Gasteiger partial charge is 0.147 e. The number of fused-ring (bicyclic) bond motifs is 6. The summed E-state index contributed by atoms with van der Waals surface area (Å²) in [6.07, 6.45) is 0. The molecule has 0 amide bonds. The molecule has 0 spiro atoms. The Morgan fingerprint density at radius 2 is 0.677 bits per heavy atom. The molecule has 0 fully saturated rings.